The van der Waals surface area contributed by atoms with Gasteiger partial charge in [-0.25, -0.2) is 4.98 Å². The summed E-state index contributed by atoms with van der Waals surface area (Å²) < 4.78 is 4.01. The monoisotopic (exact) mass is 267 g/mol. The number of aryl methyl sites for hydroxylation is 3. The summed E-state index contributed by atoms with van der Waals surface area (Å²) in [5, 5.41) is 1.03. The van der Waals surface area contributed by atoms with Crippen LogP contribution >= 0.6 is 0 Å². The van der Waals surface area contributed by atoms with Gasteiger partial charge in [-0.3, -0.25) is 4.79 Å². The molecular weight excluding hydrogens is 250 g/mol. The van der Waals surface area contributed by atoms with Crippen molar-refractivity contribution in [2.24, 2.45) is 7.05 Å². The summed E-state index contributed by atoms with van der Waals surface area (Å²) in [5.41, 5.74) is 1.90. The maximum Gasteiger partial charge on any atom is 0.166 e. The van der Waals surface area contributed by atoms with Crippen LogP contribution < -0.4 is 0 Å². The first-order valence-corrected chi connectivity index (χ1v) is 6.72. The fraction of sp³-hybridized carbons (Fsp3) is 0.250. The Morgan fingerprint density at radius 3 is 2.85 bits per heavy atom. The molecule has 3 aromatic rings. The van der Waals surface area contributed by atoms with E-state index in [9.17, 15) is 4.79 Å². The van der Waals surface area contributed by atoms with Crippen molar-refractivity contribution in [1.29, 1.82) is 0 Å². The number of nitrogens with zero attached hydrogens (tertiary/aromatic N) is 3. The molecule has 0 saturated heterocycles. The summed E-state index contributed by atoms with van der Waals surface area (Å²) in [7, 11) is 1.97. The van der Waals surface area contributed by atoms with Crippen molar-refractivity contribution >= 4 is 16.7 Å². The van der Waals surface area contributed by atoms with Crippen molar-refractivity contribution in [3.8, 4) is 0 Å². The van der Waals surface area contributed by atoms with Crippen LogP contribution in [0.25, 0.3) is 10.9 Å². The van der Waals surface area contributed by atoms with Gasteiger partial charge < -0.3 is 9.13 Å². The highest BCUT2D eigenvalue weighted by molar-refractivity contribution is 6.08. The number of hydrogen-bond donors (Lipinski definition) is 0. The number of ketones is 1. The van der Waals surface area contributed by atoms with Gasteiger partial charge in [-0.1, -0.05) is 18.2 Å². The molecule has 0 fully saturated rings. The molecule has 1 aromatic carbocycles. The Morgan fingerprint density at radius 1 is 1.30 bits per heavy atom. The second kappa shape index (κ2) is 4.96. The molecule has 0 unspecified atom stereocenters. The van der Waals surface area contributed by atoms with E-state index in [1.165, 1.54) is 0 Å². The lowest BCUT2D eigenvalue weighted by Gasteiger charge is -2.03. The number of aromatic nitrogens is 3. The summed E-state index contributed by atoms with van der Waals surface area (Å²) in [4.78, 5) is 16.6. The SMILES string of the molecule is Cc1nccn1CCC(=O)c1cn(C)c2ccccc12. The molecule has 2 aromatic heterocycles. The predicted molar refractivity (Wildman–Crippen MR) is 78.8 cm³/mol. The van der Waals surface area contributed by atoms with E-state index >= 15 is 0 Å². The average Bonchev–Trinajstić information content (AvgIpc) is 3.01. The number of fused-ring (bicyclic) bond motifs is 1. The summed E-state index contributed by atoms with van der Waals surface area (Å²) in [6, 6.07) is 8.00. The minimum absolute atomic E-state index is 0.176. The number of para-hydroxylation sites is 1. The van der Waals surface area contributed by atoms with Gasteiger partial charge in [0.25, 0.3) is 0 Å². The molecule has 0 aliphatic heterocycles. The Hall–Kier alpha value is -2.36. The Labute approximate surface area is 117 Å². The molecule has 3 rings (SSSR count). The van der Waals surface area contributed by atoms with Crippen molar-refractivity contribution in [1.82, 2.24) is 14.1 Å². The predicted octanol–water partition coefficient (Wildman–Crippen LogP) is 2.96. The third kappa shape index (κ3) is 2.13. The second-order valence-electron chi connectivity index (χ2n) is 5.01. The van der Waals surface area contributed by atoms with E-state index in [0.717, 1.165) is 22.3 Å². The van der Waals surface area contributed by atoms with Gasteiger partial charge >= 0.3 is 0 Å². The number of carbonyl (C=O) groups is 1. The van der Waals surface area contributed by atoms with Crippen LogP contribution in [0.15, 0.2) is 42.9 Å². The zero-order valence-electron chi connectivity index (χ0n) is 11.7. The van der Waals surface area contributed by atoms with Crippen LogP contribution in [-0.2, 0) is 13.6 Å². The number of hydrogen-bond acceptors (Lipinski definition) is 2. The first kappa shape index (κ1) is 12.7. The topological polar surface area (TPSA) is 39.8 Å². The van der Waals surface area contributed by atoms with Gasteiger partial charge in [-0.15, -0.1) is 0 Å². The number of benzene rings is 1. The molecular formula is C16H17N3O. The van der Waals surface area contributed by atoms with Crippen molar-refractivity contribution < 1.29 is 4.79 Å². The summed E-state index contributed by atoms with van der Waals surface area (Å²) in [6.45, 7) is 2.62. The van der Waals surface area contributed by atoms with Crippen molar-refractivity contribution in [2.75, 3.05) is 0 Å². The Kier molecular flexibility index (Phi) is 3.14. The van der Waals surface area contributed by atoms with E-state index < -0.39 is 0 Å². The van der Waals surface area contributed by atoms with Gasteiger partial charge in [0.05, 0.1) is 0 Å². The van der Waals surface area contributed by atoms with Gasteiger partial charge in [0.15, 0.2) is 5.78 Å². The minimum Gasteiger partial charge on any atom is -0.350 e. The van der Waals surface area contributed by atoms with Gasteiger partial charge in [0, 0.05) is 55.1 Å². The third-order valence-corrected chi connectivity index (χ3v) is 3.70. The standard InChI is InChI=1S/C16H17N3O/c1-12-17-8-10-19(12)9-7-16(20)14-11-18(2)15-6-4-3-5-13(14)15/h3-6,8,10-11H,7,9H2,1-2H3. The first-order chi connectivity index (χ1) is 9.66. The fourth-order valence-electron chi connectivity index (χ4n) is 2.56. The van der Waals surface area contributed by atoms with Gasteiger partial charge in [-0.05, 0) is 13.0 Å². The molecule has 20 heavy (non-hydrogen) atoms. The van der Waals surface area contributed by atoms with Gasteiger partial charge in [0.2, 0.25) is 0 Å². The molecule has 2 heterocycles. The van der Waals surface area contributed by atoms with Crippen LogP contribution in [0.5, 0.6) is 0 Å². The molecule has 0 bridgehead atoms. The largest absolute Gasteiger partial charge is 0.350 e. The second-order valence-corrected chi connectivity index (χ2v) is 5.01. The Morgan fingerprint density at radius 2 is 2.10 bits per heavy atom. The van der Waals surface area contributed by atoms with E-state index in [1.807, 2.05) is 59.8 Å². The first-order valence-electron chi connectivity index (χ1n) is 6.72. The smallest absolute Gasteiger partial charge is 0.166 e. The molecule has 0 atom stereocenters. The number of carbonyl (C=O) groups excluding carboxylic acids is 1. The van der Waals surface area contributed by atoms with E-state index in [1.54, 1.807) is 6.20 Å². The van der Waals surface area contributed by atoms with Crippen LogP contribution in [-0.4, -0.2) is 19.9 Å². The highest BCUT2D eigenvalue weighted by Crippen LogP contribution is 2.21. The number of imidazole rings is 1. The molecule has 0 aliphatic carbocycles. The van der Waals surface area contributed by atoms with E-state index in [0.29, 0.717) is 13.0 Å². The number of Topliss-reactive ketones (excluding diaryl/α,β-unsaturated/α-hetero) is 1. The van der Waals surface area contributed by atoms with Crippen molar-refractivity contribution in [3.05, 3.63) is 54.2 Å². The third-order valence-electron chi connectivity index (χ3n) is 3.70. The maximum absolute atomic E-state index is 12.4. The average molecular weight is 267 g/mol. The number of rotatable bonds is 4. The van der Waals surface area contributed by atoms with Crippen molar-refractivity contribution in [2.45, 2.75) is 19.9 Å². The summed E-state index contributed by atoms with van der Waals surface area (Å²) in [5.74, 6) is 1.12. The van der Waals surface area contributed by atoms with Gasteiger partial charge in [0.1, 0.15) is 5.82 Å². The lowest BCUT2D eigenvalue weighted by atomic mass is 10.1. The molecule has 0 N–H and O–H groups in total. The zero-order valence-corrected chi connectivity index (χ0v) is 11.7. The van der Waals surface area contributed by atoms with Crippen LogP contribution in [0.1, 0.15) is 22.6 Å². The molecule has 0 aliphatic rings. The van der Waals surface area contributed by atoms with Crippen LogP contribution in [0.2, 0.25) is 0 Å². The normalized spacial score (nSPS) is 11.1. The van der Waals surface area contributed by atoms with Crippen LogP contribution in [0, 0.1) is 6.92 Å². The zero-order chi connectivity index (χ0) is 14.1. The van der Waals surface area contributed by atoms with Crippen LogP contribution in [0.3, 0.4) is 0 Å². The maximum atomic E-state index is 12.4. The quantitative estimate of drug-likeness (QED) is 0.682. The highest BCUT2D eigenvalue weighted by Gasteiger charge is 2.13. The highest BCUT2D eigenvalue weighted by atomic mass is 16.1. The molecule has 0 radical (unpaired) electrons. The lowest BCUT2D eigenvalue weighted by Crippen LogP contribution is -2.06. The minimum atomic E-state index is 0.176. The Bertz CT molecular complexity index is 767. The van der Waals surface area contributed by atoms with Crippen molar-refractivity contribution in [3.63, 3.8) is 0 Å². The molecule has 102 valence electrons. The van der Waals surface area contributed by atoms with E-state index in [4.69, 9.17) is 0 Å². The van der Waals surface area contributed by atoms with E-state index in [2.05, 4.69) is 4.98 Å². The lowest BCUT2D eigenvalue weighted by molar-refractivity contribution is 0.0978. The molecule has 4 nitrogen and oxygen atoms in total. The van der Waals surface area contributed by atoms with E-state index in [-0.39, 0.29) is 5.78 Å². The fourth-order valence-corrected chi connectivity index (χ4v) is 2.56. The Balaban J connectivity index is 1.84. The molecule has 0 spiro atoms. The summed E-state index contributed by atoms with van der Waals surface area (Å²) in [6.07, 6.45) is 6.09. The molecule has 4 heteroatoms. The molecule has 0 amide bonds. The molecule has 0 saturated carbocycles. The van der Waals surface area contributed by atoms with Gasteiger partial charge in [-0.2, -0.15) is 0 Å². The summed E-state index contributed by atoms with van der Waals surface area (Å²) >= 11 is 0. The van der Waals surface area contributed by atoms with Crippen LogP contribution in [0.4, 0.5) is 0 Å².